The molecule has 0 amide bonds. The van der Waals surface area contributed by atoms with Gasteiger partial charge in [-0.05, 0) is 38.5 Å². The molecule has 148 valence electrons. The highest BCUT2D eigenvalue weighted by Gasteiger charge is 2.29. The SMILES string of the molecule is CCOC(=O)CC(=O)COCC1CC(COCC(=O)CC(=O)OCC)C1. The maximum absolute atomic E-state index is 11.5. The minimum absolute atomic E-state index is 0.0845. The summed E-state index contributed by atoms with van der Waals surface area (Å²) in [5, 5.41) is 0. The van der Waals surface area contributed by atoms with Gasteiger partial charge in [-0.15, -0.1) is 0 Å². The first-order valence-corrected chi connectivity index (χ1v) is 8.94. The van der Waals surface area contributed by atoms with Gasteiger partial charge in [0.25, 0.3) is 0 Å². The highest BCUT2D eigenvalue weighted by molar-refractivity contribution is 5.96. The van der Waals surface area contributed by atoms with E-state index in [0.29, 0.717) is 25.0 Å². The van der Waals surface area contributed by atoms with Crippen molar-refractivity contribution in [3.05, 3.63) is 0 Å². The molecular weight excluding hydrogens is 344 g/mol. The second-order valence-electron chi connectivity index (χ2n) is 6.27. The van der Waals surface area contributed by atoms with E-state index < -0.39 is 11.9 Å². The Morgan fingerprint density at radius 2 is 1.12 bits per heavy atom. The Morgan fingerprint density at radius 3 is 1.46 bits per heavy atom. The lowest BCUT2D eigenvalue weighted by Gasteiger charge is -2.34. The molecule has 8 nitrogen and oxygen atoms in total. The Kier molecular flexibility index (Phi) is 10.7. The maximum Gasteiger partial charge on any atom is 0.313 e. The largest absolute Gasteiger partial charge is 0.466 e. The first kappa shape index (κ1) is 22.2. The van der Waals surface area contributed by atoms with E-state index in [1.807, 2.05) is 0 Å². The van der Waals surface area contributed by atoms with Gasteiger partial charge in [-0.2, -0.15) is 0 Å². The van der Waals surface area contributed by atoms with Crippen molar-refractivity contribution in [1.29, 1.82) is 0 Å². The summed E-state index contributed by atoms with van der Waals surface area (Å²) in [5.74, 6) is -0.923. The van der Waals surface area contributed by atoms with E-state index in [1.165, 1.54) is 0 Å². The van der Waals surface area contributed by atoms with Gasteiger partial charge in [0.2, 0.25) is 0 Å². The van der Waals surface area contributed by atoms with Crippen LogP contribution in [0.3, 0.4) is 0 Å². The highest BCUT2D eigenvalue weighted by atomic mass is 16.5. The fourth-order valence-corrected chi connectivity index (χ4v) is 2.67. The molecule has 8 heteroatoms. The molecule has 0 heterocycles. The first-order valence-electron chi connectivity index (χ1n) is 8.94. The summed E-state index contributed by atoms with van der Waals surface area (Å²) in [6.07, 6.45) is 1.29. The van der Waals surface area contributed by atoms with Crippen molar-refractivity contribution < 1.29 is 38.1 Å². The quantitative estimate of drug-likeness (QED) is 0.330. The van der Waals surface area contributed by atoms with Gasteiger partial charge >= 0.3 is 11.9 Å². The third-order valence-corrected chi connectivity index (χ3v) is 3.86. The van der Waals surface area contributed by atoms with Crippen LogP contribution in [-0.4, -0.2) is 63.1 Å². The predicted molar refractivity (Wildman–Crippen MR) is 90.4 cm³/mol. The molecule has 26 heavy (non-hydrogen) atoms. The van der Waals surface area contributed by atoms with E-state index in [2.05, 4.69) is 0 Å². The molecule has 0 aromatic carbocycles. The molecule has 1 aliphatic carbocycles. The van der Waals surface area contributed by atoms with Gasteiger partial charge in [0.1, 0.15) is 26.1 Å². The molecule has 0 N–H and O–H groups in total. The lowest BCUT2D eigenvalue weighted by molar-refractivity contribution is -0.148. The molecule has 0 saturated heterocycles. The second-order valence-corrected chi connectivity index (χ2v) is 6.27. The molecule has 0 aromatic heterocycles. The third kappa shape index (κ3) is 9.62. The summed E-state index contributed by atoms with van der Waals surface area (Å²) in [4.78, 5) is 45.3. The van der Waals surface area contributed by atoms with Crippen molar-refractivity contribution in [3.63, 3.8) is 0 Å². The first-order chi connectivity index (χ1) is 12.4. The molecule has 1 fully saturated rings. The lowest BCUT2D eigenvalue weighted by Crippen LogP contribution is -2.32. The number of esters is 2. The number of hydrogen-bond donors (Lipinski definition) is 0. The highest BCUT2D eigenvalue weighted by Crippen LogP contribution is 2.33. The Morgan fingerprint density at radius 1 is 0.731 bits per heavy atom. The molecule has 0 unspecified atom stereocenters. The Bertz CT molecular complexity index is 440. The molecule has 1 aliphatic rings. The van der Waals surface area contributed by atoms with E-state index >= 15 is 0 Å². The van der Waals surface area contributed by atoms with Crippen LogP contribution in [0.15, 0.2) is 0 Å². The molecule has 0 aliphatic heterocycles. The topological polar surface area (TPSA) is 105 Å². The number of ether oxygens (including phenoxy) is 4. The molecule has 0 atom stereocenters. The maximum atomic E-state index is 11.5. The molecule has 1 rings (SSSR count). The second kappa shape index (κ2) is 12.5. The summed E-state index contributed by atoms with van der Waals surface area (Å²) in [6.45, 7) is 4.65. The van der Waals surface area contributed by atoms with Crippen LogP contribution in [0, 0.1) is 11.8 Å². The molecular formula is C18H28O8. The normalized spacial score (nSPS) is 18.7. The smallest absolute Gasteiger partial charge is 0.313 e. The molecule has 0 aromatic rings. The van der Waals surface area contributed by atoms with Gasteiger partial charge in [-0.25, -0.2) is 0 Å². The molecule has 1 saturated carbocycles. The number of carbonyl (C=O) groups excluding carboxylic acids is 4. The van der Waals surface area contributed by atoms with Crippen LogP contribution >= 0.6 is 0 Å². The van der Waals surface area contributed by atoms with Crippen molar-refractivity contribution >= 4 is 23.5 Å². The summed E-state index contributed by atoms with van der Waals surface area (Å²) in [7, 11) is 0. The van der Waals surface area contributed by atoms with Gasteiger partial charge < -0.3 is 18.9 Å². The van der Waals surface area contributed by atoms with Gasteiger partial charge in [0.05, 0.1) is 26.4 Å². The molecule has 0 bridgehead atoms. The van der Waals surface area contributed by atoms with Gasteiger partial charge in [0, 0.05) is 0 Å². The van der Waals surface area contributed by atoms with Crippen LogP contribution in [0.5, 0.6) is 0 Å². The summed E-state index contributed by atoms with van der Waals surface area (Å²) >= 11 is 0. The van der Waals surface area contributed by atoms with E-state index in [-0.39, 0.29) is 50.8 Å². The van der Waals surface area contributed by atoms with E-state index in [9.17, 15) is 19.2 Å². The monoisotopic (exact) mass is 372 g/mol. The van der Waals surface area contributed by atoms with Crippen molar-refractivity contribution in [2.24, 2.45) is 11.8 Å². The van der Waals surface area contributed by atoms with E-state index in [1.54, 1.807) is 13.8 Å². The van der Waals surface area contributed by atoms with Gasteiger partial charge in [-0.1, -0.05) is 0 Å². The zero-order valence-electron chi connectivity index (χ0n) is 15.5. The van der Waals surface area contributed by atoms with Crippen molar-refractivity contribution in [1.82, 2.24) is 0 Å². The Labute approximate surface area is 153 Å². The number of ketones is 2. The fraction of sp³-hybridized carbons (Fsp3) is 0.778. The number of rotatable bonds is 14. The molecule has 0 radical (unpaired) electrons. The van der Waals surface area contributed by atoms with Gasteiger partial charge in [-0.3, -0.25) is 19.2 Å². The van der Waals surface area contributed by atoms with Crippen molar-refractivity contribution in [2.75, 3.05) is 39.6 Å². The number of hydrogen-bond acceptors (Lipinski definition) is 8. The van der Waals surface area contributed by atoms with Crippen LogP contribution in [0.4, 0.5) is 0 Å². The Balaban J connectivity index is 1.99. The number of carbonyl (C=O) groups is 4. The fourth-order valence-electron chi connectivity index (χ4n) is 2.67. The van der Waals surface area contributed by atoms with Crippen LogP contribution in [0.25, 0.3) is 0 Å². The standard InChI is InChI=1S/C18H28O8/c1-3-25-17(21)7-15(19)11-23-9-13-5-14(6-13)10-24-12-16(20)8-18(22)26-4-2/h13-14H,3-12H2,1-2H3. The summed E-state index contributed by atoms with van der Waals surface area (Å²) < 4.78 is 20.1. The van der Waals surface area contributed by atoms with Crippen LogP contribution in [0.1, 0.15) is 39.5 Å². The van der Waals surface area contributed by atoms with E-state index in [0.717, 1.165) is 12.8 Å². The predicted octanol–water partition coefficient (Wildman–Crippen LogP) is 1.09. The average molecular weight is 372 g/mol. The van der Waals surface area contributed by atoms with Crippen molar-refractivity contribution in [2.45, 2.75) is 39.5 Å². The summed E-state index contributed by atoms with van der Waals surface area (Å²) in [5.41, 5.74) is 0. The number of Topliss-reactive ketones (excluding diaryl/α,β-unsaturated/α-hetero) is 2. The van der Waals surface area contributed by atoms with Crippen LogP contribution in [-0.2, 0) is 38.1 Å². The third-order valence-electron chi connectivity index (χ3n) is 3.86. The summed E-state index contributed by atoms with van der Waals surface area (Å²) in [6, 6.07) is 0. The minimum atomic E-state index is -0.528. The average Bonchev–Trinajstić information content (AvgIpc) is 2.51. The Hall–Kier alpha value is -1.80. The minimum Gasteiger partial charge on any atom is -0.466 e. The van der Waals surface area contributed by atoms with Crippen LogP contribution in [0.2, 0.25) is 0 Å². The van der Waals surface area contributed by atoms with Gasteiger partial charge in [0.15, 0.2) is 11.6 Å². The lowest BCUT2D eigenvalue weighted by atomic mass is 9.76. The molecule has 0 spiro atoms. The zero-order chi connectivity index (χ0) is 19.4. The zero-order valence-corrected chi connectivity index (χ0v) is 15.5. The van der Waals surface area contributed by atoms with Crippen molar-refractivity contribution in [3.8, 4) is 0 Å². The van der Waals surface area contributed by atoms with E-state index in [4.69, 9.17) is 18.9 Å². The van der Waals surface area contributed by atoms with Crippen LogP contribution < -0.4 is 0 Å².